The standard InChI is InChI=1S/C17H9NO9/c19-13-7-4-5-2-1-3-6(14(20)21)11(5)18-12(7)9(16(24)25)8(15(22)23)10(13)17(26)27/h1-4,10H,(H,20,21)(H,22,23)(H,24,25)(H,26,27). The summed E-state index contributed by atoms with van der Waals surface area (Å²) in [7, 11) is 0. The quantitative estimate of drug-likeness (QED) is 0.560. The fraction of sp³-hybridized carbons (Fsp3) is 0.0588. The van der Waals surface area contributed by atoms with Crippen molar-refractivity contribution in [2.24, 2.45) is 5.92 Å². The summed E-state index contributed by atoms with van der Waals surface area (Å²) in [5.74, 6) is -10.2. The number of fused-ring (bicyclic) bond motifs is 2. The number of ketones is 1. The number of carboxylic acid groups (broad SMARTS) is 4. The highest BCUT2D eigenvalue weighted by molar-refractivity contribution is 6.32. The first-order valence-electron chi connectivity index (χ1n) is 7.30. The molecule has 1 aliphatic carbocycles. The molecular weight excluding hydrogens is 362 g/mol. The van der Waals surface area contributed by atoms with E-state index in [4.69, 9.17) is 0 Å². The van der Waals surface area contributed by atoms with Crippen molar-refractivity contribution in [2.75, 3.05) is 0 Å². The van der Waals surface area contributed by atoms with Crippen molar-refractivity contribution in [3.8, 4) is 0 Å². The Morgan fingerprint density at radius 3 is 2.11 bits per heavy atom. The van der Waals surface area contributed by atoms with E-state index in [0.29, 0.717) is 0 Å². The average Bonchev–Trinajstić information content (AvgIpc) is 2.58. The summed E-state index contributed by atoms with van der Waals surface area (Å²) in [5, 5.41) is 37.5. The molecule has 0 aliphatic heterocycles. The van der Waals surface area contributed by atoms with Gasteiger partial charge < -0.3 is 20.4 Å². The smallest absolute Gasteiger partial charge is 0.338 e. The van der Waals surface area contributed by atoms with Gasteiger partial charge >= 0.3 is 23.9 Å². The number of aromatic carboxylic acids is 1. The topological polar surface area (TPSA) is 179 Å². The lowest BCUT2D eigenvalue weighted by molar-refractivity contribution is -0.142. The summed E-state index contributed by atoms with van der Waals surface area (Å²) in [6.45, 7) is 0. The molecule has 10 nitrogen and oxygen atoms in total. The van der Waals surface area contributed by atoms with Crippen molar-refractivity contribution in [1.82, 2.24) is 4.98 Å². The third kappa shape index (κ3) is 2.59. The Hall–Kier alpha value is -4.08. The molecule has 0 saturated heterocycles. The number of hydrogen-bond donors (Lipinski definition) is 4. The van der Waals surface area contributed by atoms with E-state index in [9.17, 15) is 44.4 Å². The van der Waals surface area contributed by atoms with Crippen LogP contribution in [0, 0.1) is 5.92 Å². The lowest BCUT2D eigenvalue weighted by Crippen LogP contribution is -2.35. The zero-order chi connectivity index (χ0) is 20.0. The maximum absolute atomic E-state index is 12.6. The fourth-order valence-corrected chi connectivity index (χ4v) is 2.99. The Kier molecular flexibility index (Phi) is 3.95. The highest BCUT2D eigenvalue weighted by atomic mass is 16.4. The van der Waals surface area contributed by atoms with E-state index in [0.717, 1.165) is 6.07 Å². The molecule has 0 radical (unpaired) electrons. The predicted octanol–water partition coefficient (Wildman–Crippen LogP) is 0.753. The molecule has 0 fully saturated rings. The van der Waals surface area contributed by atoms with Gasteiger partial charge in [0.15, 0.2) is 11.7 Å². The highest BCUT2D eigenvalue weighted by Gasteiger charge is 2.45. The summed E-state index contributed by atoms with van der Waals surface area (Å²) >= 11 is 0. The van der Waals surface area contributed by atoms with E-state index in [2.05, 4.69) is 4.98 Å². The number of pyridine rings is 1. The third-order valence-electron chi connectivity index (χ3n) is 4.09. The van der Waals surface area contributed by atoms with Crippen LogP contribution in [-0.4, -0.2) is 55.1 Å². The minimum atomic E-state index is -2.22. The van der Waals surface area contributed by atoms with Crippen LogP contribution >= 0.6 is 0 Å². The first kappa shape index (κ1) is 17.7. The van der Waals surface area contributed by atoms with Crippen molar-refractivity contribution in [3.05, 3.63) is 46.7 Å². The summed E-state index contributed by atoms with van der Waals surface area (Å²) in [6, 6.07) is 5.11. The van der Waals surface area contributed by atoms with Gasteiger partial charge in [0, 0.05) is 10.9 Å². The highest BCUT2D eigenvalue weighted by Crippen LogP contribution is 2.36. The second kappa shape index (κ2) is 6.02. The molecule has 10 heteroatoms. The molecule has 0 saturated carbocycles. The second-order valence-corrected chi connectivity index (χ2v) is 5.60. The maximum atomic E-state index is 12.6. The van der Waals surface area contributed by atoms with Crippen molar-refractivity contribution >= 4 is 46.1 Å². The number of carbonyl (C=O) groups is 5. The number of nitrogens with zero attached hydrogens (tertiary/aromatic N) is 1. The van der Waals surface area contributed by atoms with E-state index in [1.54, 1.807) is 0 Å². The molecule has 0 bridgehead atoms. The minimum absolute atomic E-state index is 0.159. The Labute approximate surface area is 149 Å². The molecule has 0 amide bonds. The molecule has 1 atom stereocenters. The Bertz CT molecular complexity index is 1110. The van der Waals surface area contributed by atoms with Crippen LogP contribution in [0.15, 0.2) is 29.8 Å². The van der Waals surface area contributed by atoms with Crippen molar-refractivity contribution < 1.29 is 44.4 Å². The number of rotatable bonds is 4. The minimum Gasteiger partial charge on any atom is -0.480 e. The molecule has 27 heavy (non-hydrogen) atoms. The van der Waals surface area contributed by atoms with Crippen LogP contribution in [0.4, 0.5) is 0 Å². The van der Waals surface area contributed by atoms with Gasteiger partial charge in [0.2, 0.25) is 0 Å². The van der Waals surface area contributed by atoms with E-state index < -0.39 is 58.0 Å². The number of aliphatic carboxylic acids is 3. The van der Waals surface area contributed by atoms with E-state index in [-0.39, 0.29) is 16.5 Å². The van der Waals surface area contributed by atoms with Gasteiger partial charge in [-0.05, 0) is 12.1 Å². The zero-order valence-corrected chi connectivity index (χ0v) is 13.2. The molecule has 1 aliphatic rings. The number of hydrogen-bond acceptors (Lipinski definition) is 6. The SMILES string of the molecule is O=C(O)C1=C(C(=O)O)C(C(=O)O)C(=O)c2cc3cccc(C(=O)O)c3nc21. The first-order valence-corrected chi connectivity index (χ1v) is 7.30. The molecule has 2 aromatic rings. The summed E-state index contributed by atoms with van der Waals surface area (Å²) in [6.07, 6.45) is 0. The largest absolute Gasteiger partial charge is 0.480 e. The molecule has 4 N–H and O–H groups in total. The molecule has 1 heterocycles. The second-order valence-electron chi connectivity index (χ2n) is 5.60. The van der Waals surface area contributed by atoms with E-state index >= 15 is 0 Å². The van der Waals surface area contributed by atoms with Crippen LogP contribution in [-0.2, 0) is 14.4 Å². The van der Waals surface area contributed by atoms with Gasteiger partial charge in [-0.3, -0.25) is 9.59 Å². The summed E-state index contributed by atoms with van der Waals surface area (Å²) < 4.78 is 0. The predicted molar refractivity (Wildman–Crippen MR) is 86.4 cm³/mol. The van der Waals surface area contributed by atoms with Crippen LogP contribution in [0.3, 0.4) is 0 Å². The van der Waals surface area contributed by atoms with Gasteiger partial charge in [0.1, 0.15) is 0 Å². The van der Waals surface area contributed by atoms with Gasteiger partial charge in [-0.1, -0.05) is 12.1 Å². The summed E-state index contributed by atoms with van der Waals surface area (Å²) in [4.78, 5) is 62.5. The van der Waals surface area contributed by atoms with Crippen LogP contribution in [0.2, 0.25) is 0 Å². The van der Waals surface area contributed by atoms with Crippen LogP contribution < -0.4 is 0 Å². The van der Waals surface area contributed by atoms with Crippen molar-refractivity contribution in [2.45, 2.75) is 0 Å². The van der Waals surface area contributed by atoms with Crippen LogP contribution in [0.1, 0.15) is 26.4 Å². The number of carbonyl (C=O) groups excluding carboxylic acids is 1. The molecular formula is C17H9NO9. The Balaban J connectivity index is 2.50. The lowest BCUT2D eigenvalue weighted by atomic mass is 9.79. The Morgan fingerprint density at radius 1 is 0.926 bits per heavy atom. The molecule has 1 unspecified atom stereocenters. The lowest BCUT2D eigenvalue weighted by Gasteiger charge is -2.23. The average molecular weight is 371 g/mol. The monoisotopic (exact) mass is 371 g/mol. The van der Waals surface area contributed by atoms with Crippen LogP contribution in [0.5, 0.6) is 0 Å². The number of para-hydroxylation sites is 1. The number of aromatic nitrogens is 1. The summed E-state index contributed by atoms with van der Waals surface area (Å²) in [5.41, 5.74) is -3.53. The normalized spacial score (nSPS) is 16.1. The molecule has 136 valence electrons. The van der Waals surface area contributed by atoms with Gasteiger partial charge in [-0.15, -0.1) is 0 Å². The first-order chi connectivity index (χ1) is 12.6. The maximum Gasteiger partial charge on any atom is 0.338 e. The van der Waals surface area contributed by atoms with Gasteiger partial charge in [0.05, 0.1) is 27.9 Å². The zero-order valence-electron chi connectivity index (χ0n) is 13.2. The van der Waals surface area contributed by atoms with Crippen LogP contribution in [0.25, 0.3) is 16.5 Å². The third-order valence-corrected chi connectivity index (χ3v) is 4.09. The number of Topliss-reactive ketones (excluding diaryl/α,β-unsaturated/α-hetero) is 1. The van der Waals surface area contributed by atoms with E-state index in [1.807, 2.05) is 0 Å². The molecule has 3 rings (SSSR count). The van der Waals surface area contributed by atoms with E-state index in [1.165, 1.54) is 18.2 Å². The Morgan fingerprint density at radius 2 is 1.59 bits per heavy atom. The number of carboxylic acids is 4. The van der Waals surface area contributed by atoms with Gasteiger partial charge in [-0.25, -0.2) is 19.4 Å². The fourth-order valence-electron chi connectivity index (χ4n) is 2.99. The van der Waals surface area contributed by atoms with Crippen molar-refractivity contribution in [3.63, 3.8) is 0 Å². The number of benzene rings is 1. The van der Waals surface area contributed by atoms with Gasteiger partial charge in [-0.2, -0.15) is 0 Å². The molecule has 0 spiro atoms. The molecule has 1 aromatic carbocycles. The van der Waals surface area contributed by atoms with Crippen molar-refractivity contribution in [1.29, 1.82) is 0 Å². The van der Waals surface area contributed by atoms with Gasteiger partial charge in [0.25, 0.3) is 0 Å². The molecule has 1 aromatic heterocycles.